The number of benzene rings is 1. The first-order chi connectivity index (χ1) is 6.99. The van der Waals surface area contributed by atoms with Crippen molar-refractivity contribution < 1.29 is 8.42 Å². The van der Waals surface area contributed by atoms with E-state index >= 15 is 0 Å². The van der Waals surface area contributed by atoms with Crippen molar-refractivity contribution in [2.45, 2.75) is 6.54 Å². The van der Waals surface area contributed by atoms with Crippen LogP contribution < -0.4 is 10.5 Å². The molecule has 0 amide bonds. The van der Waals surface area contributed by atoms with Gasteiger partial charge in [-0.05, 0) is 11.6 Å². The van der Waals surface area contributed by atoms with Gasteiger partial charge in [0.1, 0.15) is 0 Å². The van der Waals surface area contributed by atoms with Crippen LogP contribution in [-0.2, 0) is 16.6 Å². The smallest absolute Gasteiger partial charge is 0.210 e. The lowest BCUT2D eigenvalue weighted by molar-refractivity contribution is 0.592. The van der Waals surface area contributed by atoms with Gasteiger partial charge in [-0.3, -0.25) is 0 Å². The SMILES string of the molecule is NS(=O)(=O)CCNCc1ccccc1Cl. The third-order valence-corrected chi connectivity index (χ3v) is 2.98. The molecule has 0 unspecified atom stereocenters. The third kappa shape index (κ3) is 5.13. The van der Waals surface area contributed by atoms with E-state index in [9.17, 15) is 8.42 Å². The van der Waals surface area contributed by atoms with Crippen LogP contribution in [0.4, 0.5) is 0 Å². The molecule has 0 fully saturated rings. The van der Waals surface area contributed by atoms with Gasteiger partial charge in [0.25, 0.3) is 0 Å². The van der Waals surface area contributed by atoms with E-state index in [-0.39, 0.29) is 5.75 Å². The van der Waals surface area contributed by atoms with Crippen LogP contribution in [-0.4, -0.2) is 20.7 Å². The van der Waals surface area contributed by atoms with Gasteiger partial charge in [-0.15, -0.1) is 0 Å². The molecule has 0 saturated heterocycles. The summed E-state index contributed by atoms with van der Waals surface area (Å²) in [6.45, 7) is 0.860. The van der Waals surface area contributed by atoms with Gasteiger partial charge >= 0.3 is 0 Å². The molecule has 0 spiro atoms. The Kier molecular flexibility index (Phi) is 4.53. The number of halogens is 1. The normalized spacial score (nSPS) is 11.6. The highest BCUT2D eigenvalue weighted by molar-refractivity contribution is 7.89. The number of hydrogen-bond donors (Lipinski definition) is 2. The van der Waals surface area contributed by atoms with E-state index in [0.29, 0.717) is 18.1 Å². The quantitative estimate of drug-likeness (QED) is 0.755. The number of rotatable bonds is 5. The first-order valence-corrected chi connectivity index (χ1v) is 6.53. The minimum Gasteiger partial charge on any atom is -0.312 e. The molecule has 0 aromatic heterocycles. The van der Waals surface area contributed by atoms with Crippen LogP contribution in [0.15, 0.2) is 24.3 Å². The predicted octanol–water partition coefficient (Wildman–Crippen LogP) is 0.718. The lowest BCUT2D eigenvalue weighted by atomic mass is 10.2. The average molecular weight is 249 g/mol. The van der Waals surface area contributed by atoms with Crippen LogP contribution in [0.5, 0.6) is 0 Å². The van der Waals surface area contributed by atoms with E-state index in [1.165, 1.54) is 0 Å². The van der Waals surface area contributed by atoms with Gasteiger partial charge in [-0.2, -0.15) is 0 Å². The molecule has 15 heavy (non-hydrogen) atoms. The molecule has 0 radical (unpaired) electrons. The Morgan fingerprint density at radius 3 is 2.60 bits per heavy atom. The van der Waals surface area contributed by atoms with Crippen LogP contribution in [0.1, 0.15) is 5.56 Å². The fourth-order valence-electron chi connectivity index (χ4n) is 1.08. The van der Waals surface area contributed by atoms with Gasteiger partial charge in [-0.25, -0.2) is 13.6 Å². The summed E-state index contributed by atoms with van der Waals surface area (Å²) in [6, 6.07) is 7.39. The van der Waals surface area contributed by atoms with E-state index in [1.807, 2.05) is 18.2 Å². The van der Waals surface area contributed by atoms with Crippen molar-refractivity contribution >= 4 is 21.6 Å². The van der Waals surface area contributed by atoms with E-state index in [2.05, 4.69) is 5.32 Å². The lowest BCUT2D eigenvalue weighted by Crippen LogP contribution is -2.26. The lowest BCUT2D eigenvalue weighted by Gasteiger charge is -2.05. The molecule has 0 aliphatic heterocycles. The maximum absolute atomic E-state index is 10.6. The Morgan fingerprint density at radius 1 is 1.33 bits per heavy atom. The van der Waals surface area contributed by atoms with Crippen molar-refractivity contribution in [1.29, 1.82) is 0 Å². The molecule has 0 atom stereocenters. The highest BCUT2D eigenvalue weighted by Crippen LogP contribution is 2.13. The molecule has 1 aromatic rings. The summed E-state index contributed by atoms with van der Waals surface area (Å²) < 4.78 is 21.2. The van der Waals surface area contributed by atoms with Crippen LogP contribution in [0.2, 0.25) is 5.02 Å². The van der Waals surface area contributed by atoms with Gasteiger partial charge in [0.2, 0.25) is 10.0 Å². The monoisotopic (exact) mass is 248 g/mol. The molecule has 0 bridgehead atoms. The summed E-state index contributed by atoms with van der Waals surface area (Å²) in [7, 11) is -3.38. The van der Waals surface area contributed by atoms with Crippen LogP contribution in [0, 0.1) is 0 Å². The van der Waals surface area contributed by atoms with Gasteiger partial charge in [0.05, 0.1) is 5.75 Å². The van der Waals surface area contributed by atoms with E-state index in [0.717, 1.165) is 5.56 Å². The van der Waals surface area contributed by atoms with Crippen molar-refractivity contribution in [2.75, 3.05) is 12.3 Å². The molecule has 4 nitrogen and oxygen atoms in total. The Balaban J connectivity index is 2.36. The number of nitrogens with one attached hydrogen (secondary N) is 1. The number of primary sulfonamides is 1. The maximum atomic E-state index is 10.6. The van der Waals surface area contributed by atoms with E-state index in [1.54, 1.807) is 6.07 Å². The maximum Gasteiger partial charge on any atom is 0.210 e. The minimum absolute atomic E-state index is 0.0720. The Labute approximate surface area is 94.5 Å². The molecular weight excluding hydrogens is 236 g/mol. The Bertz CT molecular complexity index is 420. The second-order valence-corrected chi connectivity index (χ2v) is 5.28. The van der Waals surface area contributed by atoms with Gasteiger partial charge < -0.3 is 5.32 Å². The average Bonchev–Trinajstić information content (AvgIpc) is 2.13. The molecule has 3 N–H and O–H groups in total. The molecule has 0 heterocycles. The molecule has 6 heteroatoms. The van der Waals surface area contributed by atoms with Gasteiger partial charge in [0, 0.05) is 18.1 Å². The summed E-state index contributed by atoms with van der Waals surface area (Å²) in [5.74, 6) is -0.0720. The minimum atomic E-state index is -3.38. The van der Waals surface area contributed by atoms with Crippen LogP contribution in [0.25, 0.3) is 0 Å². The van der Waals surface area contributed by atoms with Crippen molar-refractivity contribution in [3.63, 3.8) is 0 Å². The van der Waals surface area contributed by atoms with Crippen molar-refractivity contribution in [1.82, 2.24) is 5.32 Å². The molecule has 0 aliphatic rings. The summed E-state index contributed by atoms with van der Waals surface area (Å²) in [5.41, 5.74) is 0.939. The Morgan fingerprint density at radius 2 is 2.00 bits per heavy atom. The first-order valence-electron chi connectivity index (χ1n) is 4.43. The highest BCUT2D eigenvalue weighted by Gasteiger charge is 2.02. The zero-order valence-electron chi connectivity index (χ0n) is 8.11. The molecule has 84 valence electrons. The molecular formula is C9H13ClN2O2S. The topological polar surface area (TPSA) is 72.2 Å². The third-order valence-electron chi connectivity index (χ3n) is 1.84. The van der Waals surface area contributed by atoms with Crippen molar-refractivity contribution in [2.24, 2.45) is 5.14 Å². The summed E-state index contributed by atoms with van der Waals surface area (Å²) in [6.07, 6.45) is 0. The van der Waals surface area contributed by atoms with Crippen LogP contribution in [0.3, 0.4) is 0 Å². The molecule has 1 aromatic carbocycles. The van der Waals surface area contributed by atoms with E-state index in [4.69, 9.17) is 16.7 Å². The first kappa shape index (κ1) is 12.4. The molecule has 0 aliphatic carbocycles. The fraction of sp³-hybridized carbons (Fsp3) is 0.333. The van der Waals surface area contributed by atoms with Crippen molar-refractivity contribution in [3.8, 4) is 0 Å². The van der Waals surface area contributed by atoms with Gasteiger partial charge in [-0.1, -0.05) is 29.8 Å². The fourth-order valence-corrected chi connectivity index (χ4v) is 1.71. The predicted molar refractivity (Wildman–Crippen MR) is 61.1 cm³/mol. The summed E-state index contributed by atoms with van der Waals surface area (Å²) in [4.78, 5) is 0. The largest absolute Gasteiger partial charge is 0.312 e. The Hall–Kier alpha value is -0.620. The highest BCUT2D eigenvalue weighted by atomic mass is 35.5. The standard InChI is InChI=1S/C9H13ClN2O2S/c10-9-4-2-1-3-8(9)7-12-5-6-15(11,13)14/h1-4,12H,5-7H2,(H2,11,13,14). The number of sulfonamides is 1. The number of hydrogen-bond acceptors (Lipinski definition) is 3. The van der Waals surface area contributed by atoms with Crippen LogP contribution >= 0.6 is 11.6 Å². The number of nitrogens with two attached hydrogens (primary N) is 1. The zero-order chi connectivity index (χ0) is 11.3. The summed E-state index contributed by atoms with van der Waals surface area (Å²) in [5, 5.41) is 8.47. The summed E-state index contributed by atoms with van der Waals surface area (Å²) >= 11 is 5.91. The second-order valence-electron chi connectivity index (χ2n) is 3.14. The molecule has 1 rings (SSSR count). The van der Waals surface area contributed by atoms with E-state index < -0.39 is 10.0 Å². The zero-order valence-corrected chi connectivity index (χ0v) is 9.68. The van der Waals surface area contributed by atoms with Crippen molar-refractivity contribution in [3.05, 3.63) is 34.9 Å². The second kappa shape index (κ2) is 5.46. The molecule has 0 saturated carbocycles. The van der Waals surface area contributed by atoms with Gasteiger partial charge in [0.15, 0.2) is 0 Å².